The highest BCUT2D eigenvalue weighted by Gasteiger charge is 2.16. The smallest absolute Gasteiger partial charge is 0.259 e. The molecule has 0 spiro atoms. The van der Waals surface area contributed by atoms with E-state index in [1.807, 2.05) is 38.9 Å². The maximum Gasteiger partial charge on any atom is 0.259 e. The quantitative estimate of drug-likeness (QED) is 0.785. The molecule has 2 N–H and O–H groups in total. The molecule has 6 nitrogen and oxygen atoms in total. The van der Waals surface area contributed by atoms with Crippen molar-refractivity contribution >= 4 is 23.2 Å². The van der Waals surface area contributed by atoms with E-state index in [2.05, 4.69) is 10.6 Å². The highest BCUT2D eigenvalue weighted by molar-refractivity contribution is 6.07. The first-order valence-corrected chi connectivity index (χ1v) is 8.87. The monoisotopic (exact) mass is 369 g/mol. The molecule has 0 aliphatic heterocycles. The number of rotatable bonds is 7. The largest absolute Gasteiger partial charge is 0.496 e. The highest BCUT2D eigenvalue weighted by atomic mass is 16.5. The Bertz CT molecular complexity index is 816. The number of methoxy groups -OCH3 is 1. The summed E-state index contributed by atoms with van der Waals surface area (Å²) in [5.41, 5.74) is 2.28. The van der Waals surface area contributed by atoms with Gasteiger partial charge in [0.15, 0.2) is 0 Å². The van der Waals surface area contributed by atoms with Gasteiger partial charge in [-0.3, -0.25) is 9.59 Å². The SMILES string of the molecule is COc1ccccc1C(=O)Nc1ccc(N(C)C)c(C(=O)NCC(C)C)c1. The summed E-state index contributed by atoms with van der Waals surface area (Å²) in [4.78, 5) is 27.1. The molecule has 2 amide bonds. The normalized spacial score (nSPS) is 10.4. The Labute approximate surface area is 160 Å². The third kappa shape index (κ3) is 5.23. The van der Waals surface area contributed by atoms with Crippen LogP contribution in [0.2, 0.25) is 0 Å². The van der Waals surface area contributed by atoms with E-state index in [0.717, 1.165) is 5.69 Å². The van der Waals surface area contributed by atoms with Crippen molar-refractivity contribution in [2.45, 2.75) is 13.8 Å². The maximum atomic E-state index is 12.6. The molecule has 0 atom stereocenters. The van der Waals surface area contributed by atoms with Crippen molar-refractivity contribution in [3.05, 3.63) is 53.6 Å². The molecule has 2 aromatic carbocycles. The van der Waals surface area contributed by atoms with Crippen LogP contribution in [0.15, 0.2) is 42.5 Å². The third-order valence-electron chi connectivity index (χ3n) is 4.00. The summed E-state index contributed by atoms with van der Waals surface area (Å²) in [5.74, 6) is 0.388. The lowest BCUT2D eigenvalue weighted by Gasteiger charge is -2.19. The standard InChI is InChI=1S/C21H27N3O3/c1-14(2)13-22-20(25)17-12-15(10-11-18(17)24(3)4)23-21(26)16-8-6-7-9-19(16)27-5/h6-12,14H,13H2,1-5H3,(H,22,25)(H,23,26). The van der Waals surface area contributed by atoms with Crippen LogP contribution in [-0.4, -0.2) is 39.6 Å². The number of anilines is 2. The van der Waals surface area contributed by atoms with Crippen LogP contribution in [0, 0.1) is 5.92 Å². The number of carbonyl (C=O) groups is 2. The molecule has 0 aliphatic rings. The Morgan fingerprint density at radius 1 is 1.04 bits per heavy atom. The highest BCUT2D eigenvalue weighted by Crippen LogP contribution is 2.25. The number of carbonyl (C=O) groups excluding carboxylic acids is 2. The van der Waals surface area contributed by atoms with E-state index in [0.29, 0.717) is 35.0 Å². The molecular formula is C21H27N3O3. The predicted molar refractivity (Wildman–Crippen MR) is 109 cm³/mol. The minimum Gasteiger partial charge on any atom is -0.496 e. The van der Waals surface area contributed by atoms with Crippen LogP contribution in [0.5, 0.6) is 5.75 Å². The second kappa shape index (κ2) is 9.07. The van der Waals surface area contributed by atoms with E-state index in [1.54, 1.807) is 36.4 Å². The molecule has 0 heterocycles. The number of para-hydroxylation sites is 1. The molecule has 0 aliphatic carbocycles. The molecule has 2 rings (SSSR count). The molecule has 6 heteroatoms. The van der Waals surface area contributed by atoms with Gasteiger partial charge in [0.1, 0.15) is 5.75 Å². The van der Waals surface area contributed by atoms with Gasteiger partial charge in [-0.1, -0.05) is 26.0 Å². The predicted octanol–water partition coefficient (Wildman–Crippen LogP) is 3.40. The average molecular weight is 369 g/mol. The number of hydrogen-bond acceptors (Lipinski definition) is 4. The second-order valence-electron chi connectivity index (χ2n) is 6.88. The van der Waals surface area contributed by atoms with Gasteiger partial charge in [-0.15, -0.1) is 0 Å². The van der Waals surface area contributed by atoms with Crippen LogP contribution in [0.25, 0.3) is 0 Å². The van der Waals surface area contributed by atoms with Gasteiger partial charge in [0.05, 0.1) is 18.2 Å². The lowest BCUT2D eigenvalue weighted by molar-refractivity contribution is 0.0948. The number of benzene rings is 2. The molecule has 27 heavy (non-hydrogen) atoms. The van der Waals surface area contributed by atoms with Gasteiger partial charge in [0.25, 0.3) is 11.8 Å². The Balaban J connectivity index is 2.28. The first kappa shape index (κ1) is 20.3. The first-order valence-electron chi connectivity index (χ1n) is 8.87. The molecule has 0 bridgehead atoms. The zero-order valence-corrected chi connectivity index (χ0v) is 16.5. The molecule has 0 aromatic heterocycles. The summed E-state index contributed by atoms with van der Waals surface area (Å²) in [5, 5.41) is 5.77. The summed E-state index contributed by atoms with van der Waals surface area (Å²) >= 11 is 0. The number of hydrogen-bond donors (Lipinski definition) is 2. The topological polar surface area (TPSA) is 70.7 Å². The maximum absolute atomic E-state index is 12.6. The molecule has 0 saturated carbocycles. The average Bonchev–Trinajstić information content (AvgIpc) is 2.65. The van der Waals surface area contributed by atoms with Gasteiger partial charge in [0, 0.05) is 32.0 Å². The van der Waals surface area contributed by atoms with Crippen molar-refractivity contribution in [1.29, 1.82) is 0 Å². The van der Waals surface area contributed by atoms with Crippen molar-refractivity contribution < 1.29 is 14.3 Å². The van der Waals surface area contributed by atoms with Crippen molar-refractivity contribution in [1.82, 2.24) is 5.32 Å². The van der Waals surface area contributed by atoms with Crippen LogP contribution in [0.4, 0.5) is 11.4 Å². The van der Waals surface area contributed by atoms with E-state index in [4.69, 9.17) is 4.74 Å². The lowest BCUT2D eigenvalue weighted by atomic mass is 10.1. The fourth-order valence-corrected chi connectivity index (χ4v) is 2.61. The molecule has 0 unspecified atom stereocenters. The summed E-state index contributed by atoms with van der Waals surface area (Å²) in [7, 11) is 5.28. The molecular weight excluding hydrogens is 342 g/mol. The van der Waals surface area contributed by atoms with E-state index in [9.17, 15) is 9.59 Å². The summed E-state index contributed by atoms with van der Waals surface area (Å²) in [6.07, 6.45) is 0. The summed E-state index contributed by atoms with van der Waals surface area (Å²) in [6, 6.07) is 12.3. The Kier molecular flexibility index (Phi) is 6.82. The fourth-order valence-electron chi connectivity index (χ4n) is 2.61. The van der Waals surface area contributed by atoms with Crippen LogP contribution >= 0.6 is 0 Å². The fraction of sp³-hybridized carbons (Fsp3) is 0.333. The van der Waals surface area contributed by atoms with Crippen molar-refractivity contribution in [3.63, 3.8) is 0 Å². The van der Waals surface area contributed by atoms with Crippen LogP contribution < -0.4 is 20.3 Å². The number of amides is 2. The Morgan fingerprint density at radius 3 is 2.37 bits per heavy atom. The number of ether oxygens (including phenoxy) is 1. The van der Waals surface area contributed by atoms with Crippen molar-refractivity contribution in [2.75, 3.05) is 38.0 Å². The van der Waals surface area contributed by atoms with Crippen LogP contribution in [0.1, 0.15) is 34.6 Å². The van der Waals surface area contributed by atoms with E-state index < -0.39 is 0 Å². The molecule has 0 saturated heterocycles. The van der Waals surface area contributed by atoms with Gasteiger partial charge in [0.2, 0.25) is 0 Å². The van der Waals surface area contributed by atoms with Crippen molar-refractivity contribution in [3.8, 4) is 5.75 Å². The van der Waals surface area contributed by atoms with Gasteiger partial charge in [-0.25, -0.2) is 0 Å². The van der Waals surface area contributed by atoms with Crippen LogP contribution in [-0.2, 0) is 0 Å². The van der Waals surface area contributed by atoms with E-state index in [-0.39, 0.29) is 11.8 Å². The molecule has 144 valence electrons. The van der Waals surface area contributed by atoms with E-state index in [1.165, 1.54) is 7.11 Å². The second-order valence-corrected chi connectivity index (χ2v) is 6.88. The Hall–Kier alpha value is -3.02. The van der Waals surface area contributed by atoms with Gasteiger partial charge in [-0.2, -0.15) is 0 Å². The van der Waals surface area contributed by atoms with Gasteiger partial charge < -0.3 is 20.3 Å². The lowest BCUT2D eigenvalue weighted by Crippen LogP contribution is -2.29. The van der Waals surface area contributed by atoms with Crippen molar-refractivity contribution in [2.24, 2.45) is 5.92 Å². The third-order valence-corrected chi connectivity index (χ3v) is 4.00. The number of nitrogens with zero attached hydrogens (tertiary/aromatic N) is 1. The van der Waals surface area contributed by atoms with Gasteiger partial charge >= 0.3 is 0 Å². The number of nitrogens with one attached hydrogen (secondary N) is 2. The van der Waals surface area contributed by atoms with E-state index >= 15 is 0 Å². The first-order chi connectivity index (χ1) is 12.8. The Morgan fingerprint density at radius 2 is 1.74 bits per heavy atom. The molecule has 2 aromatic rings. The van der Waals surface area contributed by atoms with Crippen LogP contribution in [0.3, 0.4) is 0 Å². The minimum atomic E-state index is -0.293. The molecule has 0 fully saturated rings. The minimum absolute atomic E-state index is 0.166. The summed E-state index contributed by atoms with van der Waals surface area (Å²) < 4.78 is 5.24. The van der Waals surface area contributed by atoms with Gasteiger partial charge in [-0.05, 0) is 36.2 Å². The summed E-state index contributed by atoms with van der Waals surface area (Å²) in [6.45, 7) is 4.66. The zero-order chi connectivity index (χ0) is 20.0. The zero-order valence-electron chi connectivity index (χ0n) is 16.5. The molecule has 0 radical (unpaired) electrons.